The Morgan fingerprint density at radius 3 is 2.57 bits per heavy atom. The topological polar surface area (TPSA) is 73.1 Å². The van der Waals surface area contributed by atoms with Gasteiger partial charge in [-0.2, -0.15) is 5.26 Å². The molecule has 0 atom stereocenters. The lowest BCUT2D eigenvalue weighted by atomic mass is 10.0. The van der Waals surface area contributed by atoms with Crippen molar-refractivity contribution in [1.29, 1.82) is 5.26 Å². The molecular formula is C16H13FN2O2. The molecule has 2 N–H and O–H groups in total. The van der Waals surface area contributed by atoms with Crippen molar-refractivity contribution in [3.05, 3.63) is 53.3 Å². The largest absolute Gasteiger partial charge is 0.507 e. The molecular weight excluding hydrogens is 271 g/mol. The zero-order valence-corrected chi connectivity index (χ0v) is 11.4. The molecule has 0 aliphatic carbocycles. The Balaban J connectivity index is 2.41. The van der Waals surface area contributed by atoms with Crippen molar-refractivity contribution >= 4 is 5.91 Å². The van der Waals surface area contributed by atoms with E-state index in [0.29, 0.717) is 17.7 Å². The van der Waals surface area contributed by atoms with E-state index in [1.54, 1.807) is 19.1 Å². The van der Waals surface area contributed by atoms with Gasteiger partial charge in [0.2, 0.25) is 0 Å². The van der Waals surface area contributed by atoms with Crippen LogP contribution in [-0.2, 0) is 0 Å². The number of nitrogens with one attached hydrogen (secondary N) is 1. The Labute approximate surface area is 121 Å². The molecule has 0 heterocycles. The van der Waals surface area contributed by atoms with Gasteiger partial charge in [-0.3, -0.25) is 4.79 Å². The highest BCUT2D eigenvalue weighted by atomic mass is 19.1. The van der Waals surface area contributed by atoms with Crippen molar-refractivity contribution in [2.75, 3.05) is 6.54 Å². The quantitative estimate of drug-likeness (QED) is 0.910. The molecule has 2 aromatic rings. The fraction of sp³-hybridized carbons (Fsp3) is 0.125. The smallest absolute Gasteiger partial charge is 0.254 e. The fourth-order valence-electron chi connectivity index (χ4n) is 1.94. The van der Waals surface area contributed by atoms with Gasteiger partial charge in [0, 0.05) is 6.54 Å². The van der Waals surface area contributed by atoms with E-state index in [-0.39, 0.29) is 16.9 Å². The number of amides is 1. The van der Waals surface area contributed by atoms with Gasteiger partial charge in [0.15, 0.2) is 0 Å². The van der Waals surface area contributed by atoms with Crippen LogP contribution in [0.25, 0.3) is 11.1 Å². The van der Waals surface area contributed by atoms with Gasteiger partial charge in [0.05, 0.1) is 11.1 Å². The number of hydrogen-bond donors (Lipinski definition) is 2. The highest BCUT2D eigenvalue weighted by molar-refractivity contribution is 5.95. The second-order valence-electron chi connectivity index (χ2n) is 4.40. The van der Waals surface area contributed by atoms with Crippen LogP contribution in [-0.4, -0.2) is 17.6 Å². The summed E-state index contributed by atoms with van der Waals surface area (Å²) in [4.78, 5) is 11.6. The van der Waals surface area contributed by atoms with Gasteiger partial charge in [-0.25, -0.2) is 4.39 Å². The number of benzene rings is 2. The number of aromatic hydroxyl groups is 1. The molecule has 0 saturated heterocycles. The van der Waals surface area contributed by atoms with E-state index < -0.39 is 11.7 Å². The van der Waals surface area contributed by atoms with Crippen molar-refractivity contribution < 1.29 is 14.3 Å². The number of hydrogen-bond acceptors (Lipinski definition) is 3. The number of halogens is 1. The van der Waals surface area contributed by atoms with Gasteiger partial charge in [0.1, 0.15) is 17.6 Å². The maximum absolute atomic E-state index is 14.0. The van der Waals surface area contributed by atoms with Crippen LogP contribution in [0.15, 0.2) is 36.4 Å². The lowest BCUT2D eigenvalue weighted by Crippen LogP contribution is -2.23. The molecule has 0 radical (unpaired) electrons. The van der Waals surface area contributed by atoms with Crippen LogP contribution >= 0.6 is 0 Å². The van der Waals surface area contributed by atoms with Gasteiger partial charge in [-0.05, 0) is 42.3 Å². The zero-order chi connectivity index (χ0) is 15.4. The summed E-state index contributed by atoms with van der Waals surface area (Å²) in [5.41, 5.74) is 1.20. The number of phenolic OH excluding ortho intramolecular Hbond substituents is 1. The first-order valence-corrected chi connectivity index (χ1v) is 6.38. The van der Waals surface area contributed by atoms with Crippen molar-refractivity contribution in [3.8, 4) is 22.9 Å². The number of nitrogens with zero attached hydrogens (tertiary/aromatic N) is 1. The molecule has 0 bridgehead atoms. The fourth-order valence-corrected chi connectivity index (χ4v) is 1.94. The lowest BCUT2D eigenvalue weighted by Gasteiger charge is -2.07. The minimum atomic E-state index is -0.634. The van der Waals surface area contributed by atoms with Crippen molar-refractivity contribution in [2.24, 2.45) is 0 Å². The summed E-state index contributed by atoms with van der Waals surface area (Å²) >= 11 is 0. The maximum Gasteiger partial charge on any atom is 0.254 e. The summed E-state index contributed by atoms with van der Waals surface area (Å²) in [6, 6.07) is 10.5. The Hall–Kier alpha value is -2.87. The third-order valence-electron chi connectivity index (χ3n) is 3.00. The van der Waals surface area contributed by atoms with Crippen LogP contribution < -0.4 is 5.32 Å². The SMILES string of the molecule is CCNC(=O)c1ccc(-c2ccc(O)c(C#N)c2)cc1F. The summed E-state index contributed by atoms with van der Waals surface area (Å²) in [6.07, 6.45) is 0. The van der Waals surface area contributed by atoms with Crippen LogP contribution in [0.5, 0.6) is 5.75 Å². The van der Waals surface area contributed by atoms with Crippen LogP contribution in [0.2, 0.25) is 0 Å². The maximum atomic E-state index is 14.0. The van der Waals surface area contributed by atoms with Crippen molar-refractivity contribution in [2.45, 2.75) is 6.92 Å². The van der Waals surface area contributed by atoms with Gasteiger partial charge >= 0.3 is 0 Å². The second kappa shape index (κ2) is 6.06. The number of nitriles is 1. The minimum absolute atomic E-state index is 0.0279. The molecule has 1 amide bonds. The van der Waals surface area contributed by atoms with Crippen LogP contribution in [0, 0.1) is 17.1 Å². The Bertz CT molecular complexity index is 736. The molecule has 4 nitrogen and oxygen atoms in total. The van der Waals surface area contributed by atoms with Crippen LogP contribution in [0.1, 0.15) is 22.8 Å². The van der Waals surface area contributed by atoms with E-state index in [1.165, 1.54) is 24.3 Å². The Morgan fingerprint density at radius 1 is 1.29 bits per heavy atom. The van der Waals surface area contributed by atoms with Gasteiger partial charge in [-0.15, -0.1) is 0 Å². The summed E-state index contributed by atoms with van der Waals surface area (Å²) in [6.45, 7) is 2.17. The Kier molecular flexibility index (Phi) is 4.19. The number of carbonyl (C=O) groups is 1. The number of rotatable bonds is 3. The van der Waals surface area contributed by atoms with E-state index in [4.69, 9.17) is 5.26 Å². The van der Waals surface area contributed by atoms with E-state index >= 15 is 0 Å². The molecule has 0 fully saturated rings. The molecule has 0 saturated carbocycles. The normalized spacial score (nSPS) is 9.95. The molecule has 106 valence electrons. The van der Waals surface area contributed by atoms with E-state index in [9.17, 15) is 14.3 Å². The first-order chi connectivity index (χ1) is 10.1. The highest BCUT2D eigenvalue weighted by Gasteiger charge is 2.12. The summed E-state index contributed by atoms with van der Waals surface area (Å²) < 4.78 is 14.0. The molecule has 2 rings (SSSR count). The molecule has 0 aliphatic heterocycles. The standard InChI is InChI=1S/C16H13FN2O2/c1-2-19-16(21)13-5-3-11(8-14(13)17)10-4-6-15(20)12(7-10)9-18/h3-8,20H,2H2,1H3,(H,19,21). The molecule has 0 spiro atoms. The summed E-state index contributed by atoms with van der Waals surface area (Å²) in [5.74, 6) is -1.23. The first-order valence-electron chi connectivity index (χ1n) is 6.38. The predicted molar refractivity (Wildman–Crippen MR) is 76.2 cm³/mol. The third-order valence-corrected chi connectivity index (χ3v) is 3.00. The number of carbonyl (C=O) groups excluding carboxylic acids is 1. The van der Waals surface area contributed by atoms with E-state index in [0.717, 1.165) is 0 Å². The molecule has 2 aromatic carbocycles. The molecule has 21 heavy (non-hydrogen) atoms. The van der Waals surface area contributed by atoms with Crippen LogP contribution in [0.3, 0.4) is 0 Å². The van der Waals surface area contributed by atoms with Gasteiger partial charge < -0.3 is 10.4 Å². The monoisotopic (exact) mass is 284 g/mol. The predicted octanol–water partition coefficient (Wildman–Crippen LogP) is 2.82. The second-order valence-corrected chi connectivity index (χ2v) is 4.40. The van der Waals surface area contributed by atoms with Gasteiger partial charge in [0.25, 0.3) is 5.91 Å². The average molecular weight is 284 g/mol. The molecule has 0 aromatic heterocycles. The molecule has 0 unspecified atom stereocenters. The first kappa shape index (κ1) is 14.5. The zero-order valence-electron chi connectivity index (χ0n) is 11.4. The lowest BCUT2D eigenvalue weighted by molar-refractivity contribution is 0.0952. The summed E-state index contributed by atoms with van der Waals surface area (Å²) in [7, 11) is 0. The van der Waals surface area contributed by atoms with E-state index in [1.807, 2.05) is 6.07 Å². The minimum Gasteiger partial charge on any atom is -0.507 e. The third kappa shape index (κ3) is 3.00. The number of phenols is 1. The van der Waals surface area contributed by atoms with Crippen LogP contribution in [0.4, 0.5) is 4.39 Å². The highest BCUT2D eigenvalue weighted by Crippen LogP contribution is 2.26. The molecule has 0 aliphatic rings. The van der Waals surface area contributed by atoms with E-state index in [2.05, 4.69) is 5.32 Å². The summed E-state index contributed by atoms with van der Waals surface area (Å²) in [5, 5.41) is 20.9. The Morgan fingerprint density at radius 2 is 1.95 bits per heavy atom. The van der Waals surface area contributed by atoms with Gasteiger partial charge in [-0.1, -0.05) is 12.1 Å². The molecule has 5 heteroatoms. The average Bonchev–Trinajstić information content (AvgIpc) is 2.47. The van der Waals surface area contributed by atoms with Crippen molar-refractivity contribution in [1.82, 2.24) is 5.32 Å². The van der Waals surface area contributed by atoms with Crippen molar-refractivity contribution in [3.63, 3.8) is 0 Å².